The summed E-state index contributed by atoms with van der Waals surface area (Å²) >= 11 is 2.13. The van der Waals surface area contributed by atoms with Gasteiger partial charge in [0.1, 0.15) is 23.9 Å². The molecule has 11 nitrogen and oxygen atoms in total. The zero-order chi connectivity index (χ0) is 33.8. The first kappa shape index (κ1) is 35.0. The first-order valence-electron chi connectivity index (χ1n) is 15.8. The Morgan fingerprint density at radius 3 is 2.43 bits per heavy atom. The molecule has 0 aromatic heterocycles. The van der Waals surface area contributed by atoms with Crippen molar-refractivity contribution in [3.05, 3.63) is 80.4 Å². The van der Waals surface area contributed by atoms with E-state index in [1.165, 1.54) is 0 Å². The average Bonchev–Trinajstić information content (AvgIpc) is 3.56. The van der Waals surface area contributed by atoms with Crippen LogP contribution in [-0.2, 0) is 46.2 Å². The Kier molecular flexibility index (Phi) is 11.0. The minimum atomic E-state index is -0.918. The summed E-state index contributed by atoms with van der Waals surface area (Å²) in [5.41, 5.74) is 2.41. The number of rotatable bonds is 11. The van der Waals surface area contributed by atoms with E-state index in [-0.39, 0.29) is 44.7 Å². The molecule has 47 heavy (non-hydrogen) atoms. The molecule has 4 atom stereocenters. The molecule has 2 amide bonds. The number of aliphatic hydroxyl groups is 1. The molecule has 1 spiro atoms. The molecule has 1 saturated heterocycles. The predicted octanol–water partition coefficient (Wildman–Crippen LogP) is 3.53. The third-order valence-corrected chi connectivity index (χ3v) is 8.84. The van der Waals surface area contributed by atoms with Crippen molar-refractivity contribution in [3.63, 3.8) is 0 Å². The Morgan fingerprint density at radius 1 is 1.04 bits per heavy atom. The Hall–Kier alpha value is -3.33. The van der Waals surface area contributed by atoms with Crippen molar-refractivity contribution in [2.24, 2.45) is 0 Å². The number of nitrogens with one attached hydrogen (secondary N) is 2. The summed E-state index contributed by atoms with van der Waals surface area (Å²) in [6.45, 7) is 4.99. The van der Waals surface area contributed by atoms with Gasteiger partial charge in [0.15, 0.2) is 5.79 Å². The monoisotopic (exact) mass is 760 g/mol. The minimum Gasteiger partial charge on any atom is -0.460 e. The van der Waals surface area contributed by atoms with Crippen molar-refractivity contribution in [2.45, 2.75) is 95.0 Å². The molecule has 252 valence electrons. The fraction of sp³-hybridized carbons (Fsp3) is 0.486. The predicted molar refractivity (Wildman–Crippen MR) is 179 cm³/mol. The first-order chi connectivity index (χ1) is 22.3. The van der Waals surface area contributed by atoms with E-state index in [0.29, 0.717) is 24.0 Å². The number of ether oxygens (including phenoxy) is 4. The van der Waals surface area contributed by atoms with E-state index in [1.54, 1.807) is 45.0 Å². The van der Waals surface area contributed by atoms with E-state index in [9.17, 15) is 24.3 Å². The molecule has 1 aliphatic heterocycles. The Morgan fingerprint density at radius 2 is 1.77 bits per heavy atom. The number of esters is 2. The molecular formula is C35H41IN2O9. The SMILES string of the molecule is CC(C)(C)OC(=O)CC[C@@H](CO)NC(=O)CCNC(=O)C1=C[C@H]2OC3(Cc4ccccc4C3)O[C@H]2[C@H](OC(=O)c2cccc(I)c2)C1. The Balaban J connectivity index is 1.20. The molecule has 1 heterocycles. The summed E-state index contributed by atoms with van der Waals surface area (Å²) in [4.78, 5) is 51.1. The molecule has 2 aromatic carbocycles. The highest BCUT2D eigenvalue weighted by Crippen LogP contribution is 2.45. The van der Waals surface area contributed by atoms with E-state index in [1.807, 2.05) is 30.3 Å². The van der Waals surface area contributed by atoms with E-state index in [0.717, 1.165) is 14.7 Å². The maximum atomic E-state index is 13.3. The van der Waals surface area contributed by atoms with E-state index in [2.05, 4.69) is 33.2 Å². The summed E-state index contributed by atoms with van der Waals surface area (Å²) in [7, 11) is 0. The van der Waals surface area contributed by atoms with Crippen LogP contribution in [0, 0.1) is 3.57 Å². The molecule has 0 unspecified atom stereocenters. The second kappa shape index (κ2) is 14.8. The lowest BCUT2D eigenvalue weighted by atomic mass is 9.91. The standard InChI is InChI=1S/C35H41IN2O9/c1-34(2,3)46-30(41)12-11-26(20-39)38-29(40)13-14-37-32(42)24-16-27(44-33(43)21-9-6-10-25(36)15-21)31-28(17-24)45-35(47-31)18-22-7-4-5-8-23(22)19-35/h4-10,15,17,26-28,31,39H,11-14,16,18-20H2,1-3H3,(H,37,42)(H,38,40)/t26-,27+,28+,31-/m0/s1. The van der Waals surface area contributed by atoms with Gasteiger partial charge < -0.3 is 34.7 Å². The van der Waals surface area contributed by atoms with Crippen LogP contribution in [-0.4, -0.2) is 77.8 Å². The normalized spacial score (nSPS) is 21.6. The van der Waals surface area contributed by atoms with Crippen LogP contribution in [0.5, 0.6) is 0 Å². The maximum absolute atomic E-state index is 13.3. The highest BCUT2D eigenvalue weighted by molar-refractivity contribution is 14.1. The van der Waals surface area contributed by atoms with Crippen molar-refractivity contribution in [2.75, 3.05) is 13.2 Å². The highest BCUT2D eigenvalue weighted by Gasteiger charge is 2.55. The van der Waals surface area contributed by atoms with E-state index >= 15 is 0 Å². The smallest absolute Gasteiger partial charge is 0.338 e. The highest BCUT2D eigenvalue weighted by atomic mass is 127. The van der Waals surface area contributed by atoms with Gasteiger partial charge in [0.25, 0.3) is 0 Å². The van der Waals surface area contributed by atoms with Crippen LogP contribution in [0.3, 0.4) is 0 Å². The molecule has 0 radical (unpaired) electrons. The van der Waals surface area contributed by atoms with Gasteiger partial charge in [0.05, 0.1) is 18.2 Å². The molecule has 2 aliphatic carbocycles. The zero-order valence-corrected chi connectivity index (χ0v) is 28.9. The summed E-state index contributed by atoms with van der Waals surface area (Å²) in [5.74, 6) is -2.64. The van der Waals surface area contributed by atoms with Crippen LogP contribution in [0.4, 0.5) is 0 Å². The zero-order valence-electron chi connectivity index (χ0n) is 26.8. The lowest BCUT2D eigenvalue weighted by molar-refractivity contribution is -0.172. The third-order valence-electron chi connectivity index (χ3n) is 8.17. The number of amides is 2. The van der Waals surface area contributed by atoms with Gasteiger partial charge in [-0.3, -0.25) is 14.4 Å². The van der Waals surface area contributed by atoms with Crippen LogP contribution in [0.25, 0.3) is 0 Å². The average molecular weight is 761 g/mol. The maximum Gasteiger partial charge on any atom is 0.338 e. The van der Waals surface area contributed by atoms with Gasteiger partial charge in [0.2, 0.25) is 11.8 Å². The second-order valence-corrected chi connectivity index (χ2v) is 14.4. The van der Waals surface area contributed by atoms with Crippen LogP contribution < -0.4 is 10.6 Å². The van der Waals surface area contributed by atoms with Gasteiger partial charge in [-0.25, -0.2) is 4.79 Å². The Labute approximate surface area is 287 Å². The number of hydrogen-bond donors (Lipinski definition) is 3. The molecular weight excluding hydrogens is 719 g/mol. The van der Waals surface area contributed by atoms with Crippen molar-refractivity contribution < 1.29 is 43.2 Å². The minimum absolute atomic E-state index is 0.0316. The number of fused-ring (bicyclic) bond motifs is 2. The fourth-order valence-corrected chi connectivity index (χ4v) is 6.62. The van der Waals surface area contributed by atoms with Gasteiger partial charge >= 0.3 is 11.9 Å². The van der Waals surface area contributed by atoms with Crippen LogP contribution in [0.15, 0.2) is 60.2 Å². The van der Waals surface area contributed by atoms with Gasteiger partial charge in [0, 0.05) is 47.8 Å². The van der Waals surface area contributed by atoms with Crippen molar-refractivity contribution >= 4 is 46.3 Å². The summed E-state index contributed by atoms with van der Waals surface area (Å²) in [6.07, 6.45) is 1.15. The lowest BCUT2D eigenvalue weighted by Gasteiger charge is -2.30. The molecule has 1 fully saturated rings. The van der Waals surface area contributed by atoms with Gasteiger partial charge in [-0.05, 0) is 85.2 Å². The molecule has 12 heteroatoms. The third kappa shape index (κ3) is 9.18. The molecule has 0 saturated carbocycles. The quantitative estimate of drug-likeness (QED) is 0.231. The summed E-state index contributed by atoms with van der Waals surface area (Å²) in [5, 5.41) is 15.1. The summed E-state index contributed by atoms with van der Waals surface area (Å²) < 4.78 is 25.2. The number of carbonyl (C=O) groups is 4. The first-order valence-corrected chi connectivity index (χ1v) is 16.9. The second-order valence-electron chi connectivity index (χ2n) is 13.1. The molecule has 3 N–H and O–H groups in total. The number of halogens is 1. The molecule has 3 aliphatic rings. The topological polar surface area (TPSA) is 149 Å². The number of carbonyl (C=O) groups excluding carboxylic acids is 4. The number of benzene rings is 2. The van der Waals surface area contributed by atoms with E-state index < -0.39 is 53.6 Å². The van der Waals surface area contributed by atoms with Crippen molar-refractivity contribution in [1.82, 2.24) is 10.6 Å². The van der Waals surface area contributed by atoms with Crippen LogP contribution in [0.1, 0.15) is 67.9 Å². The van der Waals surface area contributed by atoms with Crippen LogP contribution in [0.2, 0.25) is 0 Å². The number of aliphatic hydroxyl groups excluding tert-OH is 1. The van der Waals surface area contributed by atoms with Crippen molar-refractivity contribution in [3.8, 4) is 0 Å². The number of hydrogen-bond acceptors (Lipinski definition) is 9. The largest absolute Gasteiger partial charge is 0.460 e. The lowest BCUT2D eigenvalue weighted by Crippen LogP contribution is -2.44. The Bertz CT molecular complexity index is 1510. The van der Waals surface area contributed by atoms with Crippen LogP contribution >= 0.6 is 22.6 Å². The molecule has 2 aromatic rings. The fourth-order valence-electron chi connectivity index (χ4n) is 6.08. The van der Waals surface area contributed by atoms with Crippen molar-refractivity contribution in [1.29, 1.82) is 0 Å². The molecule has 5 rings (SSSR count). The van der Waals surface area contributed by atoms with E-state index in [4.69, 9.17) is 18.9 Å². The van der Waals surface area contributed by atoms with Gasteiger partial charge in [-0.1, -0.05) is 30.3 Å². The molecule has 0 bridgehead atoms. The summed E-state index contributed by atoms with van der Waals surface area (Å²) in [6, 6.07) is 14.5. The van der Waals surface area contributed by atoms with Gasteiger partial charge in [-0.15, -0.1) is 0 Å². The van der Waals surface area contributed by atoms with Gasteiger partial charge in [-0.2, -0.15) is 0 Å².